The molecule has 0 aliphatic carbocycles. The second-order valence-electron chi connectivity index (χ2n) is 5.01. The van der Waals surface area contributed by atoms with E-state index in [4.69, 9.17) is 10.00 Å². The molecule has 4 nitrogen and oxygen atoms in total. The van der Waals surface area contributed by atoms with Gasteiger partial charge in [0.15, 0.2) is 0 Å². The van der Waals surface area contributed by atoms with E-state index in [1.165, 1.54) is 25.7 Å². The van der Waals surface area contributed by atoms with Crippen LogP contribution >= 0.6 is 0 Å². The molecule has 1 aromatic rings. The number of carbonyl (C=O) groups is 1. The molecule has 1 aromatic carbocycles. The highest BCUT2D eigenvalue weighted by Gasteiger charge is 2.02. The lowest BCUT2D eigenvalue weighted by molar-refractivity contribution is -0.117. The topological polar surface area (TPSA) is 62.1 Å². The van der Waals surface area contributed by atoms with E-state index in [1.54, 1.807) is 24.3 Å². The molecule has 0 saturated carbocycles. The molecule has 1 N–H and O–H groups in total. The Kier molecular flexibility index (Phi) is 8.90. The van der Waals surface area contributed by atoms with Crippen molar-refractivity contribution in [1.82, 2.24) is 0 Å². The van der Waals surface area contributed by atoms with Crippen LogP contribution in [0.25, 0.3) is 0 Å². The van der Waals surface area contributed by atoms with Gasteiger partial charge in [-0.25, -0.2) is 0 Å². The van der Waals surface area contributed by atoms with E-state index in [0.717, 1.165) is 13.0 Å². The molecule has 0 aliphatic rings. The SMILES string of the molecule is CCCCCCCOCCC(=O)Nc1ccc(C#N)cc1. The van der Waals surface area contributed by atoms with Gasteiger partial charge in [-0.2, -0.15) is 5.26 Å². The molecule has 0 spiro atoms. The number of benzene rings is 1. The number of nitrogens with one attached hydrogen (secondary N) is 1. The summed E-state index contributed by atoms with van der Waals surface area (Å²) in [6, 6.07) is 8.86. The normalized spacial score (nSPS) is 10.1. The molecule has 0 bridgehead atoms. The van der Waals surface area contributed by atoms with Gasteiger partial charge in [-0.05, 0) is 30.7 Å². The number of nitrogens with zero attached hydrogens (tertiary/aromatic N) is 1. The van der Waals surface area contributed by atoms with Crippen LogP contribution in [0.4, 0.5) is 5.69 Å². The molecule has 0 radical (unpaired) electrons. The van der Waals surface area contributed by atoms with Crippen LogP contribution in [-0.4, -0.2) is 19.1 Å². The lowest BCUT2D eigenvalue weighted by Gasteiger charge is -2.06. The number of unbranched alkanes of at least 4 members (excludes halogenated alkanes) is 4. The first kappa shape index (κ1) is 17.2. The number of carbonyl (C=O) groups excluding carboxylic acids is 1. The molecule has 0 saturated heterocycles. The summed E-state index contributed by atoms with van der Waals surface area (Å²) in [4.78, 5) is 11.7. The number of rotatable bonds is 10. The third-order valence-electron chi connectivity index (χ3n) is 3.16. The van der Waals surface area contributed by atoms with Gasteiger partial charge in [-0.15, -0.1) is 0 Å². The Hall–Kier alpha value is -1.86. The van der Waals surface area contributed by atoms with Gasteiger partial charge < -0.3 is 10.1 Å². The molecule has 0 unspecified atom stereocenters. The Morgan fingerprint density at radius 1 is 1.14 bits per heavy atom. The van der Waals surface area contributed by atoms with Crippen molar-refractivity contribution >= 4 is 11.6 Å². The maximum atomic E-state index is 11.7. The third-order valence-corrected chi connectivity index (χ3v) is 3.16. The Balaban J connectivity index is 2.07. The molecule has 0 heterocycles. The fourth-order valence-electron chi connectivity index (χ4n) is 1.93. The highest BCUT2D eigenvalue weighted by atomic mass is 16.5. The smallest absolute Gasteiger partial charge is 0.226 e. The maximum absolute atomic E-state index is 11.7. The van der Waals surface area contributed by atoms with Crippen LogP contribution in [0.5, 0.6) is 0 Å². The van der Waals surface area contributed by atoms with Crippen LogP contribution < -0.4 is 5.32 Å². The largest absolute Gasteiger partial charge is 0.381 e. The van der Waals surface area contributed by atoms with Gasteiger partial charge in [0, 0.05) is 12.3 Å². The number of ether oxygens (including phenoxy) is 1. The lowest BCUT2D eigenvalue weighted by Crippen LogP contribution is -2.14. The molecule has 0 atom stereocenters. The first-order valence-corrected chi connectivity index (χ1v) is 7.64. The zero-order valence-electron chi connectivity index (χ0n) is 12.7. The number of hydrogen-bond acceptors (Lipinski definition) is 3. The average molecular weight is 288 g/mol. The van der Waals surface area contributed by atoms with Crippen molar-refractivity contribution in [2.45, 2.75) is 45.4 Å². The van der Waals surface area contributed by atoms with Gasteiger partial charge in [0.2, 0.25) is 5.91 Å². The summed E-state index contributed by atoms with van der Waals surface area (Å²) < 4.78 is 5.45. The molecule has 1 rings (SSSR count). The highest BCUT2D eigenvalue weighted by molar-refractivity contribution is 5.90. The summed E-state index contributed by atoms with van der Waals surface area (Å²) in [5.41, 5.74) is 1.29. The van der Waals surface area contributed by atoms with Crippen LogP contribution in [0.3, 0.4) is 0 Å². The van der Waals surface area contributed by atoms with Crippen molar-refractivity contribution in [1.29, 1.82) is 5.26 Å². The van der Waals surface area contributed by atoms with Crippen molar-refractivity contribution in [3.05, 3.63) is 29.8 Å². The molecule has 114 valence electrons. The van der Waals surface area contributed by atoms with Crippen molar-refractivity contribution in [2.24, 2.45) is 0 Å². The van der Waals surface area contributed by atoms with Gasteiger partial charge in [0.25, 0.3) is 0 Å². The second-order valence-corrected chi connectivity index (χ2v) is 5.01. The van der Waals surface area contributed by atoms with E-state index in [0.29, 0.717) is 24.3 Å². The fraction of sp³-hybridized carbons (Fsp3) is 0.529. The molecular formula is C17H24N2O2. The van der Waals surface area contributed by atoms with E-state index in [-0.39, 0.29) is 5.91 Å². The van der Waals surface area contributed by atoms with E-state index >= 15 is 0 Å². The van der Waals surface area contributed by atoms with Crippen LogP contribution in [0.1, 0.15) is 51.0 Å². The number of amides is 1. The summed E-state index contributed by atoms with van der Waals surface area (Å²) in [5, 5.41) is 11.5. The Morgan fingerprint density at radius 3 is 2.52 bits per heavy atom. The van der Waals surface area contributed by atoms with Crippen LogP contribution in [0.15, 0.2) is 24.3 Å². The van der Waals surface area contributed by atoms with E-state index < -0.39 is 0 Å². The summed E-state index contributed by atoms with van der Waals surface area (Å²) in [7, 11) is 0. The fourth-order valence-corrected chi connectivity index (χ4v) is 1.93. The standard InChI is InChI=1S/C17H24N2O2/c1-2-3-4-5-6-12-21-13-11-17(20)19-16-9-7-15(14-18)8-10-16/h7-10H,2-6,11-13H2,1H3,(H,19,20). The van der Waals surface area contributed by atoms with Crippen molar-refractivity contribution in [2.75, 3.05) is 18.5 Å². The first-order chi connectivity index (χ1) is 10.3. The van der Waals surface area contributed by atoms with Crippen molar-refractivity contribution < 1.29 is 9.53 Å². The quantitative estimate of drug-likeness (QED) is 0.665. The van der Waals surface area contributed by atoms with Crippen LogP contribution in [-0.2, 0) is 9.53 Å². The van der Waals surface area contributed by atoms with E-state index in [9.17, 15) is 4.79 Å². The van der Waals surface area contributed by atoms with Crippen LogP contribution in [0, 0.1) is 11.3 Å². The molecular weight excluding hydrogens is 264 g/mol. The Labute approximate surface area is 127 Å². The zero-order valence-corrected chi connectivity index (χ0v) is 12.7. The minimum Gasteiger partial charge on any atom is -0.381 e. The first-order valence-electron chi connectivity index (χ1n) is 7.64. The van der Waals surface area contributed by atoms with Crippen molar-refractivity contribution in [3.63, 3.8) is 0 Å². The molecule has 0 fully saturated rings. The Bertz CT molecular complexity index is 449. The predicted molar refractivity (Wildman–Crippen MR) is 84.0 cm³/mol. The summed E-state index contributed by atoms with van der Waals surface area (Å²) >= 11 is 0. The van der Waals surface area contributed by atoms with Gasteiger partial charge in [0.05, 0.1) is 24.7 Å². The maximum Gasteiger partial charge on any atom is 0.226 e. The van der Waals surface area contributed by atoms with Gasteiger partial charge in [-0.3, -0.25) is 4.79 Å². The minimum atomic E-state index is -0.0642. The number of nitriles is 1. The Morgan fingerprint density at radius 2 is 1.86 bits per heavy atom. The van der Waals surface area contributed by atoms with Crippen LogP contribution in [0.2, 0.25) is 0 Å². The average Bonchev–Trinajstić information content (AvgIpc) is 2.50. The number of hydrogen-bond donors (Lipinski definition) is 1. The van der Waals surface area contributed by atoms with Gasteiger partial charge in [0.1, 0.15) is 0 Å². The summed E-state index contributed by atoms with van der Waals surface area (Å²) in [5.74, 6) is -0.0642. The molecule has 0 aliphatic heterocycles. The van der Waals surface area contributed by atoms with Gasteiger partial charge in [-0.1, -0.05) is 32.6 Å². The minimum absolute atomic E-state index is 0.0642. The summed E-state index contributed by atoms with van der Waals surface area (Å²) in [6.45, 7) is 3.38. The van der Waals surface area contributed by atoms with Gasteiger partial charge >= 0.3 is 0 Å². The molecule has 1 amide bonds. The molecule has 21 heavy (non-hydrogen) atoms. The summed E-state index contributed by atoms with van der Waals surface area (Å²) in [6.07, 6.45) is 6.42. The molecule has 4 heteroatoms. The number of anilines is 1. The van der Waals surface area contributed by atoms with E-state index in [2.05, 4.69) is 12.2 Å². The predicted octanol–water partition coefficient (Wildman–Crippen LogP) is 3.87. The van der Waals surface area contributed by atoms with Crippen molar-refractivity contribution in [3.8, 4) is 6.07 Å². The monoisotopic (exact) mass is 288 g/mol. The molecule has 0 aromatic heterocycles. The zero-order chi connectivity index (χ0) is 15.3. The highest BCUT2D eigenvalue weighted by Crippen LogP contribution is 2.09. The third kappa shape index (κ3) is 8.11. The second kappa shape index (κ2) is 10.9. The lowest BCUT2D eigenvalue weighted by atomic mass is 10.2. The van der Waals surface area contributed by atoms with E-state index in [1.807, 2.05) is 6.07 Å².